The van der Waals surface area contributed by atoms with Gasteiger partial charge in [0.25, 0.3) is 0 Å². The van der Waals surface area contributed by atoms with Gasteiger partial charge in [0.15, 0.2) is 5.13 Å². The van der Waals surface area contributed by atoms with E-state index in [9.17, 15) is 0 Å². The highest BCUT2D eigenvalue weighted by molar-refractivity contribution is 7.16. The molecule has 2 heterocycles. The second kappa shape index (κ2) is 7.15. The molecule has 0 aliphatic carbocycles. The Hall–Kier alpha value is -0.980. The molecule has 0 saturated heterocycles. The molecule has 110 valence electrons. The maximum Gasteiger partial charge on any atom is 0.183 e. The lowest BCUT2D eigenvalue weighted by atomic mass is 10.3. The molecule has 2 aromatic heterocycles. The summed E-state index contributed by atoms with van der Waals surface area (Å²) in [5.74, 6) is 0. The predicted molar refractivity (Wildman–Crippen MR) is 88.9 cm³/mol. The predicted octanol–water partition coefficient (Wildman–Crippen LogP) is 3.58. The van der Waals surface area contributed by atoms with Crippen LogP contribution in [0, 0.1) is 0 Å². The topological polar surface area (TPSA) is 41.1 Å². The van der Waals surface area contributed by atoms with Gasteiger partial charge < -0.3 is 10.2 Å². The number of aromatic nitrogens is 2. The molecule has 0 radical (unpaired) electrons. The molecule has 6 heteroatoms. The summed E-state index contributed by atoms with van der Waals surface area (Å²) < 4.78 is 0. The number of hydrogen-bond acceptors (Lipinski definition) is 6. The maximum atomic E-state index is 4.64. The first kappa shape index (κ1) is 15.4. The molecule has 0 bridgehead atoms. The van der Waals surface area contributed by atoms with Crippen LogP contribution >= 0.6 is 22.7 Å². The van der Waals surface area contributed by atoms with Gasteiger partial charge in [-0.15, -0.1) is 22.7 Å². The molecule has 1 N–H and O–H groups in total. The van der Waals surface area contributed by atoms with Crippen molar-refractivity contribution in [1.29, 1.82) is 0 Å². The molecule has 2 aromatic rings. The Morgan fingerprint density at radius 1 is 1.40 bits per heavy atom. The van der Waals surface area contributed by atoms with E-state index in [-0.39, 0.29) is 0 Å². The first-order valence-electron chi connectivity index (χ1n) is 6.90. The van der Waals surface area contributed by atoms with Gasteiger partial charge >= 0.3 is 0 Å². The van der Waals surface area contributed by atoms with Crippen LogP contribution in [0.15, 0.2) is 11.6 Å². The van der Waals surface area contributed by atoms with Gasteiger partial charge in [0.1, 0.15) is 0 Å². The fraction of sp³-hybridized carbons (Fsp3) is 0.571. The molecule has 0 saturated carbocycles. The lowest BCUT2D eigenvalue weighted by molar-refractivity contribution is 0.413. The monoisotopic (exact) mass is 310 g/mol. The lowest BCUT2D eigenvalue weighted by Crippen LogP contribution is -2.14. The van der Waals surface area contributed by atoms with Crippen LogP contribution in [0.4, 0.5) is 5.13 Å². The third-order valence-corrected chi connectivity index (χ3v) is 4.92. The van der Waals surface area contributed by atoms with Crippen LogP contribution in [0.5, 0.6) is 0 Å². The molecule has 20 heavy (non-hydrogen) atoms. The molecular formula is C14H22N4S2. The SMILES string of the molecule is CCC(C)Nc1nc(-c2cnc(CCN(C)C)s2)cs1. The number of hydrogen-bond donors (Lipinski definition) is 1. The smallest absolute Gasteiger partial charge is 0.183 e. The number of nitrogens with one attached hydrogen (secondary N) is 1. The lowest BCUT2D eigenvalue weighted by Gasteiger charge is -2.08. The van der Waals surface area contributed by atoms with Crippen LogP contribution in [0.1, 0.15) is 25.3 Å². The highest BCUT2D eigenvalue weighted by Crippen LogP contribution is 2.29. The van der Waals surface area contributed by atoms with Crippen molar-refractivity contribution in [3.63, 3.8) is 0 Å². The van der Waals surface area contributed by atoms with Gasteiger partial charge in [-0.3, -0.25) is 0 Å². The number of nitrogens with zero attached hydrogens (tertiary/aromatic N) is 3. The average molecular weight is 310 g/mol. The largest absolute Gasteiger partial charge is 0.359 e. The Morgan fingerprint density at radius 2 is 2.20 bits per heavy atom. The molecule has 0 spiro atoms. The summed E-state index contributed by atoms with van der Waals surface area (Å²) in [4.78, 5) is 12.5. The van der Waals surface area contributed by atoms with Gasteiger partial charge in [0.05, 0.1) is 15.6 Å². The van der Waals surface area contributed by atoms with Gasteiger partial charge in [-0.05, 0) is 27.4 Å². The van der Waals surface area contributed by atoms with E-state index in [1.165, 1.54) is 5.01 Å². The Labute approximate surface area is 128 Å². The second-order valence-electron chi connectivity index (χ2n) is 5.16. The van der Waals surface area contributed by atoms with E-state index in [1.807, 2.05) is 6.20 Å². The molecular weight excluding hydrogens is 288 g/mol. The fourth-order valence-electron chi connectivity index (χ4n) is 1.63. The van der Waals surface area contributed by atoms with Crippen molar-refractivity contribution in [2.45, 2.75) is 32.7 Å². The zero-order valence-electron chi connectivity index (χ0n) is 12.5. The Balaban J connectivity index is 2.01. The van der Waals surface area contributed by atoms with E-state index in [1.54, 1.807) is 22.7 Å². The highest BCUT2D eigenvalue weighted by Gasteiger charge is 2.10. The summed E-state index contributed by atoms with van der Waals surface area (Å²) in [6.45, 7) is 5.38. The van der Waals surface area contributed by atoms with E-state index in [0.29, 0.717) is 6.04 Å². The third kappa shape index (κ3) is 4.26. The third-order valence-electron chi connectivity index (χ3n) is 3.07. The summed E-state index contributed by atoms with van der Waals surface area (Å²) in [5, 5.41) is 7.70. The minimum Gasteiger partial charge on any atom is -0.359 e. The molecule has 1 unspecified atom stereocenters. The van der Waals surface area contributed by atoms with Crippen molar-refractivity contribution in [2.24, 2.45) is 0 Å². The van der Waals surface area contributed by atoms with Gasteiger partial charge in [0, 0.05) is 30.6 Å². The minimum atomic E-state index is 0.464. The summed E-state index contributed by atoms with van der Waals surface area (Å²) in [7, 11) is 4.17. The average Bonchev–Trinajstić information content (AvgIpc) is 3.04. The molecule has 0 aliphatic heterocycles. The minimum absolute atomic E-state index is 0.464. The van der Waals surface area contributed by atoms with Crippen molar-refractivity contribution in [2.75, 3.05) is 26.0 Å². The zero-order valence-corrected chi connectivity index (χ0v) is 14.1. The van der Waals surface area contributed by atoms with Crippen molar-refractivity contribution in [1.82, 2.24) is 14.9 Å². The summed E-state index contributed by atoms with van der Waals surface area (Å²) in [5.41, 5.74) is 1.04. The molecule has 1 atom stereocenters. The number of anilines is 1. The Bertz CT molecular complexity index is 533. The molecule has 2 rings (SSSR count). The standard InChI is InChI=1S/C14H22N4S2/c1-5-10(2)16-14-17-11(9-19-14)12-8-15-13(20-12)6-7-18(3)4/h8-10H,5-7H2,1-4H3,(H,16,17). The molecule has 0 fully saturated rings. The fourth-order valence-corrected chi connectivity index (χ4v) is 3.39. The van der Waals surface area contributed by atoms with Crippen LogP contribution < -0.4 is 5.32 Å². The van der Waals surface area contributed by atoms with Crippen molar-refractivity contribution in [3.05, 3.63) is 16.6 Å². The number of thiazole rings is 2. The van der Waals surface area contributed by atoms with E-state index in [4.69, 9.17) is 0 Å². The first-order valence-corrected chi connectivity index (χ1v) is 8.60. The van der Waals surface area contributed by atoms with Crippen LogP contribution in [0.25, 0.3) is 10.6 Å². The van der Waals surface area contributed by atoms with E-state index in [2.05, 4.69) is 53.5 Å². The van der Waals surface area contributed by atoms with E-state index in [0.717, 1.165) is 35.1 Å². The molecule has 0 aliphatic rings. The van der Waals surface area contributed by atoms with Gasteiger partial charge in [-0.25, -0.2) is 9.97 Å². The molecule has 0 amide bonds. The van der Waals surface area contributed by atoms with Gasteiger partial charge in [0.2, 0.25) is 0 Å². The number of rotatable bonds is 7. The Morgan fingerprint density at radius 3 is 2.90 bits per heavy atom. The second-order valence-corrected chi connectivity index (χ2v) is 7.14. The van der Waals surface area contributed by atoms with Crippen LogP contribution in [-0.2, 0) is 6.42 Å². The maximum absolute atomic E-state index is 4.64. The van der Waals surface area contributed by atoms with Crippen LogP contribution in [-0.4, -0.2) is 41.5 Å². The first-order chi connectivity index (χ1) is 9.58. The Kier molecular flexibility index (Phi) is 5.51. The molecule has 4 nitrogen and oxygen atoms in total. The van der Waals surface area contributed by atoms with Gasteiger partial charge in [-0.2, -0.15) is 0 Å². The highest BCUT2D eigenvalue weighted by atomic mass is 32.1. The quantitative estimate of drug-likeness (QED) is 0.848. The summed E-state index contributed by atoms with van der Waals surface area (Å²) >= 11 is 3.41. The normalized spacial score (nSPS) is 12.8. The van der Waals surface area contributed by atoms with Crippen LogP contribution in [0.3, 0.4) is 0 Å². The van der Waals surface area contributed by atoms with Gasteiger partial charge in [-0.1, -0.05) is 6.92 Å². The van der Waals surface area contributed by atoms with Crippen LogP contribution in [0.2, 0.25) is 0 Å². The van der Waals surface area contributed by atoms with Crippen molar-refractivity contribution >= 4 is 27.8 Å². The van der Waals surface area contributed by atoms with E-state index >= 15 is 0 Å². The van der Waals surface area contributed by atoms with Crippen molar-refractivity contribution in [3.8, 4) is 10.6 Å². The zero-order chi connectivity index (χ0) is 14.5. The summed E-state index contributed by atoms with van der Waals surface area (Å²) in [6, 6.07) is 0.464. The number of likely N-dealkylation sites (N-methyl/N-ethyl adjacent to an activating group) is 1. The summed E-state index contributed by atoms with van der Waals surface area (Å²) in [6.07, 6.45) is 4.04. The van der Waals surface area contributed by atoms with Crippen molar-refractivity contribution < 1.29 is 0 Å². The van der Waals surface area contributed by atoms with E-state index < -0.39 is 0 Å². The molecule has 0 aromatic carbocycles.